The minimum atomic E-state index is -0.247. The largest absolute Gasteiger partial charge is 0.497 e. The predicted molar refractivity (Wildman–Crippen MR) is 103 cm³/mol. The number of benzene rings is 2. The van der Waals surface area contributed by atoms with Crippen LogP contribution in [0.2, 0.25) is 0 Å². The summed E-state index contributed by atoms with van der Waals surface area (Å²) in [4.78, 5) is 14.6. The van der Waals surface area contributed by atoms with Crippen LogP contribution < -0.4 is 15.1 Å². The fourth-order valence-corrected chi connectivity index (χ4v) is 3.10. The zero-order chi connectivity index (χ0) is 18.6. The number of nitrogens with one attached hydrogen (secondary N) is 1. The lowest BCUT2D eigenvalue weighted by Gasteiger charge is -2.17. The molecule has 0 bridgehead atoms. The molecule has 0 fully saturated rings. The van der Waals surface area contributed by atoms with Crippen LogP contribution >= 0.6 is 0 Å². The maximum absolute atomic E-state index is 12.3. The Kier molecular flexibility index (Phi) is 4.61. The van der Waals surface area contributed by atoms with E-state index < -0.39 is 0 Å². The van der Waals surface area contributed by atoms with Crippen molar-refractivity contribution in [3.05, 3.63) is 83.3 Å². The van der Waals surface area contributed by atoms with Crippen LogP contribution in [0.1, 0.15) is 27.2 Å². The van der Waals surface area contributed by atoms with E-state index in [-0.39, 0.29) is 5.91 Å². The van der Waals surface area contributed by atoms with Crippen LogP contribution in [-0.4, -0.2) is 19.2 Å². The predicted octanol–water partition coefficient (Wildman–Crippen LogP) is 3.57. The molecule has 2 heterocycles. The van der Waals surface area contributed by atoms with E-state index in [0.29, 0.717) is 11.3 Å². The van der Waals surface area contributed by atoms with Gasteiger partial charge in [0.05, 0.1) is 19.6 Å². The standard InChI is InChI=1S/C21H19N3O3/c1-26-19-8-6-18(7-9-19)24-13-16-5-4-15(11-17(16)14-24)21(25)23-22-12-20-3-2-10-27-20/h2-12H,13-14H2,1H3,(H,23,25)/b22-12-. The molecule has 1 aromatic heterocycles. The molecule has 0 aliphatic carbocycles. The highest BCUT2D eigenvalue weighted by Gasteiger charge is 2.20. The van der Waals surface area contributed by atoms with Crippen molar-refractivity contribution in [1.82, 2.24) is 5.43 Å². The average Bonchev–Trinajstić information content (AvgIpc) is 3.37. The maximum atomic E-state index is 12.3. The zero-order valence-corrected chi connectivity index (χ0v) is 14.9. The number of ether oxygens (including phenoxy) is 1. The SMILES string of the molecule is COc1ccc(N2Cc3ccc(C(=O)N/N=C\c4ccco4)cc3C2)cc1. The van der Waals surface area contributed by atoms with Gasteiger partial charge in [-0.25, -0.2) is 5.43 Å². The van der Waals surface area contributed by atoms with Crippen LogP contribution in [0.4, 0.5) is 5.69 Å². The lowest BCUT2D eigenvalue weighted by Crippen LogP contribution is -2.17. The number of carbonyl (C=O) groups is 1. The van der Waals surface area contributed by atoms with E-state index in [4.69, 9.17) is 9.15 Å². The van der Waals surface area contributed by atoms with E-state index in [2.05, 4.69) is 15.4 Å². The molecular formula is C21H19N3O3. The molecule has 0 spiro atoms. The third-order valence-corrected chi connectivity index (χ3v) is 4.53. The molecular weight excluding hydrogens is 342 g/mol. The van der Waals surface area contributed by atoms with Crippen LogP contribution in [-0.2, 0) is 13.1 Å². The number of anilines is 1. The maximum Gasteiger partial charge on any atom is 0.271 e. The Bertz CT molecular complexity index is 963. The van der Waals surface area contributed by atoms with Gasteiger partial charge in [-0.1, -0.05) is 6.07 Å². The smallest absolute Gasteiger partial charge is 0.271 e. The first kappa shape index (κ1) is 16.9. The van der Waals surface area contributed by atoms with Crippen molar-refractivity contribution in [2.45, 2.75) is 13.1 Å². The summed E-state index contributed by atoms with van der Waals surface area (Å²) in [6, 6.07) is 17.3. The first-order valence-electron chi connectivity index (χ1n) is 8.60. The summed E-state index contributed by atoms with van der Waals surface area (Å²) in [5.41, 5.74) is 6.61. The highest BCUT2D eigenvalue weighted by molar-refractivity contribution is 5.95. The van der Waals surface area contributed by atoms with Crippen LogP contribution in [0.15, 0.2) is 70.4 Å². The number of nitrogens with zero attached hydrogens (tertiary/aromatic N) is 2. The first-order chi connectivity index (χ1) is 13.2. The molecule has 0 saturated heterocycles. The number of fused-ring (bicyclic) bond motifs is 1. The van der Waals surface area contributed by atoms with Crippen LogP contribution in [0, 0.1) is 0 Å². The monoisotopic (exact) mass is 361 g/mol. The van der Waals surface area contributed by atoms with Crippen molar-refractivity contribution in [2.75, 3.05) is 12.0 Å². The third-order valence-electron chi connectivity index (χ3n) is 4.53. The van der Waals surface area contributed by atoms with Gasteiger partial charge in [0.1, 0.15) is 11.5 Å². The van der Waals surface area contributed by atoms with Crippen molar-refractivity contribution < 1.29 is 13.9 Å². The average molecular weight is 361 g/mol. The molecule has 0 atom stereocenters. The van der Waals surface area contributed by atoms with Crippen LogP contribution in [0.3, 0.4) is 0 Å². The molecule has 27 heavy (non-hydrogen) atoms. The van der Waals surface area contributed by atoms with E-state index in [1.54, 1.807) is 25.5 Å². The van der Waals surface area contributed by atoms with Gasteiger partial charge in [0.15, 0.2) is 0 Å². The molecule has 0 saturated carbocycles. The summed E-state index contributed by atoms with van der Waals surface area (Å²) in [5, 5.41) is 3.92. The molecule has 1 amide bonds. The van der Waals surface area contributed by atoms with E-state index in [9.17, 15) is 4.79 Å². The van der Waals surface area contributed by atoms with Crippen molar-refractivity contribution in [3.8, 4) is 5.75 Å². The first-order valence-corrected chi connectivity index (χ1v) is 8.60. The highest BCUT2D eigenvalue weighted by atomic mass is 16.5. The molecule has 1 aliphatic rings. The summed E-state index contributed by atoms with van der Waals surface area (Å²) < 4.78 is 10.3. The van der Waals surface area contributed by atoms with Crippen molar-refractivity contribution in [3.63, 3.8) is 0 Å². The van der Waals surface area contributed by atoms with Crippen LogP contribution in [0.5, 0.6) is 5.75 Å². The Balaban J connectivity index is 1.43. The third kappa shape index (κ3) is 3.69. The Hall–Kier alpha value is -3.54. The molecule has 0 unspecified atom stereocenters. The van der Waals surface area contributed by atoms with E-state index in [1.165, 1.54) is 11.8 Å². The Morgan fingerprint density at radius 1 is 1.15 bits per heavy atom. The fourth-order valence-electron chi connectivity index (χ4n) is 3.10. The Morgan fingerprint density at radius 2 is 1.96 bits per heavy atom. The van der Waals surface area contributed by atoms with E-state index in [0.717, 1.165) is 30.1 Å². The molecule has 6 nitrogen and oxygen atoms in total. The van der Waals surface area contributed by atoms with Gasteiger partial charge in [0, 0.05) is 24.3 Å². The van der Waals surface area contributed by atoms with Gasteiger partial charge in [0.2, 0.25) is 0 Å². The molecule has 4 rings (SSSR count). The van der Waals surface area contributed by atoms with Crippen molar-refractivity contribution >= 4 is 17.8 Å². The second kappa shape index (κ2) is 7.37. The van der Waals surface area contributed by atoms with Gasteiger partial charge in [-0.15, -0.1) is 0 Å². The minimum Gasteiger partial charge on any atom is -0.497 e. The second-order valence-electron chi connectivity index (χ2n) is 6.25. The van der Waals surface area contributed by atoms with Crippen molar-refractivity contribution in [2.24, 2.45) is 5.10 Å². The van der Waals surface area contributed by atoms with Gasteiger partial charge in [0.25, 0.3) is 5.91 Å². The fraction of sp³-hybridized carbons (Fsp3) is 0.143. The number of furan rings is 1. The minimum absolute atomic E-state index is 0.247. The summed E-state index contributed by atoms with van der Waals surface area (Å²) in [5.74, 6) is 1.17. The van der Waals surface area contributed by atoms with E-state index >= 15 is 0 Å². The molecule has 6 heteroatoms. The zero-order valence-electron chi connectivity index (χ0n) is 14.9. The van der Waals surface area contributed by atoms with Crippen molar-refractivity contribution in [1.29, 1.82) is 0 Å². The number of hydrogen-bond donors (Lipinski definition) is 1. The Morgan fingerprint density at radius 3 is 2.70 bits per heavy atom. The summed E-state index contributed by atoms with van der Waals surface area (Å²) in [7, 11) is 1.66. The summed E-state index contributed by atoms with van der Waals surface area (Å²) in [6.07, 6.45) is 3.02. The van der Waals surface area contributed by atoms with Gasteiger partial charge < -0.3 is 14.1 Å². The molecule has 136 valence electrons. The number of hydrazone groups is 1. The number of methoxy groups -OCH3 is 1. The lowest BCUT2D eigenvalue weighted by molar-refractivity contribution is 0.0955. The van der Waals surface area contributed by atoms with Crippen LogP contribution in [0.25, 0.3) is 0 Å². The highest BCUT2D eigenvalue weighted by Crippen LogP contribution is 2.30. The van der Waals surface area contributed by atoms with Gasteiger partial charge >= 0.3 is 0 Å². The molecule has 0 radical (unpaired) electrons. The summed E-state index contributed by atoms with van der Waals surface area (Å²) in [6.45, 7) is 1.58. The normalized spacial score (nSPS) is 13.0. The van der Waals surface area contributed by atoms with Gasteiger partial charge in [-0.05, 0) is 59.7 Å². The molecule has 3 aromatic rings. The lowest BCUT2D eigenvalue weighted by atomic mass is 10.1. The second-order valence-corrected chi connectivity index (χ2v) is 6.25. The Labute approximate surface area is 157 Å². The van der Waals surface area contributed by atoms with Gasteiger partial charge in [-0.3, -0.25) is 4.79 Å². The molecule has 2 aromatic carbocycles. The molecule has 1 N–H and O–H groups in total. The number of carbonyl (C=O) groups excluding carboxylic acids is 1. The number of hydrogen-bond acceptors (Lipinski definition) is 5. The molecule has 1 aliphatic heterocycles. The van der Waals surface area contributed by atoms with Gasteiger partial charge in [-0.2, -0.15) is 5.10 Å². The summed E-state index contributed by atoms with van der Waals surface area (Å²) >= 11 is 0. The quantitative estimate of drug-likeness (QED) is 0.557. The van der Waals surface area contributed by atoms with E-state index in [1.807, 2.05) is 42.5 Å². The number of amides is 1. The topological polar surface area (TPSA) is 67.1 Å². The number of rotatable bonds is 5.